The number of nitrogens with one attached hydrogen (secondary N) is 1. The molecule has 0 bridgehead atoms. The van der Waals surface area contributed by atoms with Crippen LogP contribution >= 0.6 is 0 Å². The number of carboxylic acid groups (broad SMARTS) is 1. The lowest BCUT2D eigenvalue weighted by Crippen LogP contribution is -2.42. The molecule has 17 heavy (non-hydrogen) atoms. The maximum atomic E-state index is 11.6. The van der Waals surface area contributed by atoms with E-state index >= 15 is 0 Å². The number of nitrogens with two attached hydrogens (primary N) is 1. The van der Waals surface area contributed by atoms with Gasteiger partial charge in [0.25, 0.3) is 0 Å². The van der Waals surface area contributed by atoms with Crippen LogP contribution in [0.5, 0.6) is 0 Å². The molecule has 0 spiro atoms. The molecule has 0 aliphatic carbocycles. The molecule has 5 nitrogen and oxygen atoms in total. The summed E-state index contributed by atoms with van der Waals surface area (Å²) in [4.78, 5) is 22.0. The van der Waals surface area contributed by atoms with E-state index in [1.165, 1.54) is 0 Å². The van der Waals surface area contributed by atoms with Crippen molar-refractivity contribution in [3.8, 4) is 0 Å². The van der Waals surface area contributed by atoms with E-state index in [-0.39, 0.29) is 12.5 Å². The molecule has 0 heterocycles. The van der Waals surface area contributed by atoms with Crippen LogP contribution in [0.25, 0.3) is 0 Å². The van der Waals surface area contributed by atoms with Gasteiger partial charge in [0, 0.05) is 0 Å². The van der Waals surface area contributed by atoms with Crippen molar-refractivity contribution in [2.75, 3.05) is 0 Å². The standard InChI is InChI=1S/C12H16N2O3/c1-8(9-5-3-2-4-6-9)14-12(17)10(13)7-11(15)16/h2-6,8,10H,7,13H2,1H3,(H,14,17)(H,15,16). The molecule has 1 rings (SSSR count). The largest absolute Gasteiger partial charge is 0.481 e. The predicted octanol–water partition coefficient (Wildman–Crippen LogP) is 0.666. The van der Waals surface area contributed by atoms with E-state index in [0.29, 0.717) is 0 Å². The maximum Gasteiger partial charge on any atom is 0.305 e. The Morgan fingerprint density at radius 3 is 2.47 bits per heavy atom. The number of aliphatic carboxylic acids is 1. The second kappa shape index (κ2) is 6.00. The average Bonchev–Trinajstić information content (AvgIpc) is 2.29. The highest BCUT2D eigenvalue weighted by atomic mass is 16.4. The average molecular weight is 236 g/mol. The number of carboxylic acids is 1. The summed E-state index contributed by atoms with van der Waals surface area (Å²) in [6, 6.07) is 8.18. The van der Waals surface area contributed by atoms with Gasteiger partial charge in [-0.2, -0.15) is 0 Å². The summed E-state index contributed by atoms with van der Waals surface area (Å²) in [6.45, 7) is 1.82. The summed E-state index contributed by atoms with van der Waals surface area (Å²) in [5.74, 6) is -1.54. The minimum Gasteiger partial charge on any atom is -0.481 e. The van der Waals surface area contributed by atoms with Crippen LogP contribution in [-0.4, -0.2) is 23.0 Å². The van der Waals surface area contributed by atoms with Crippen LogP contribution in [0.1, 0.15) is 24.9 Å². The molecule has 0 fully saturated rings. The molecule has 0 saturated heterocycles. The Balaban J connectivity index is 2.54. The first-order valence-corrected chi connectivity index (χ1v) is 5.33. The van der Waals surface area contributed by atoms with Gasteiger partial charge in [-0.3, -0.25) is 9.59 Å². The van der Waals surface area contributed by atoms with E-state index in [1.807, 2.05) is 37.3 Å². The second-order valence-electron chi connectivity index (χ2n) is 3.85. The molecule has 0 aliphatic heterocycles. The van der Waals surface area contributed by atoms with Crippen molar-refractivity contribution < 1.29 is 14.7 Å². The molecule has 2 atom stereocenters. The monoisotopic (exact) mass is 236 g/mol. The van der Waals surface area contributed by atoms with Gasteiger partial charge in [0.1, 0.15) is 0 Å². The van der Waals surface area contributed by atoms with E-state index in [2.05, 4.69) is 5.32 Å². The fourth-order valence-corrected chi connectivity index (χ4v) is 1.43. The van der Waals surface area contributed by atoms with Crippen LogP contribution < -0.4 is 11.1 Å². The summed E-state index contributed by atoms with van der Waals surface area (Å²) in [6.07, 6.45) is -0.368. The quantitative estimate of drug-likeness (QED) is 0.700. The molecule has 5 heteroatoms. The summed E-state index contributed by atoms with van der Waals surface area (Å²) in [5, 5.41) is 11.2. The fourth-order valence-electron chi connectivity index (χ4n) is 1.43. The summed E-state index contributed by atoms with van der Waals surface area (Å²) < 4.78 is 0. The Morgan fingerprint density at radius 1 is 1.35 bits per heavy atom. The SMILES string of the molecule is CC(NC(=O)C(N)CC(=O)O)c1ccccc1. The van der Waals surface area contributed by atoms with Gasteiger partial charge in [0.05, 0.1) is 18.5 Å². The van der Waals surface area contributed by atoms with Crippen LogP contribution in [0.4, 0.5) is 0 Å². The second-order valence-corrected chi connectivity index (χ2v) is 3.85. The molecule has 4 N–H and O–H groups in total. The van der Waals surface area contributed by atoms with Crippen molar-refractivity contribution in [2.24, 2.45) is 5.73 Å². The number of hydrogen-bond donors (Lipinski definition) is 3. The Kier molecular flexibility index (Phi) is 4.66. The third kappa shape index (κ3) is 4.24. The van der Waals surface area contributed by atoms with Gasteiger partial charge in [-0.1, -0.05) is 30.3 Å². The van der Waals surface area contributed by atoms with Gasteiger partial charge in [-0.25, -0.2) is 0 Å². The Morgan fingerprint density at radius 2 is 1.94 bits per heavy atom. The van der Waals surface area contributed by atoms with Crippen molar-refractivity contribution >= 4 is 11.9 Å². The molecule has 0 saturated carbocycles. The molecule has 0 aromatic heterocycles. The lowest BCUT2D eigenvalue weighted by atomic mass is 10.1. The molecule has 1 aromatic carbocycles. The summed E-state index contributed by atoms with van der Waals surface area (Å²) >= 11 is 0. The van der Waals surface area contributed by atoms with Crippen molar-refractivity contribution in [3.05, 3.63) is 35.9 Å². The number of carbonyl (C=O) groups is 2. The summed E-state index contributed by atoms with van der Waals surface area (Å²) in [5.41, 5.74) is 6.40. The van der Waals surface area contributed by atoms with Crippen LogP contribution in [0.2, 0.25) is 0 Å². The Labute approximate surface area is 99.6 Å². The molecule has 1 aromatic rings. The van der Waals surface area contributed by atoms with E-state index in [1.54, 1.807) is 0 Å². The molecule has 92 valence electrons. The van der Waals surface area contributed by atoms with Crippen molar-refractivity contribution in [3.63, 3.8) is 0 Å². The molecule has 2 unspecified atom stereocenters. The van der Waals surface area contributed by atoms with Crippen LogP contribution in [0.15, 0.2) is 30.3 Å². The highest BCUT2D eigenvalue weighted by Gasteiger charge is 2.18. The zero-order valence-corrected chi connectivity index (χ0v) is 9.59. The highest BCUT2D eigenvalue weighted by Crippen LogP contribution is 2.11. The molecule has 0 radical (unpaired) electrons. The lowest BCUT2D eigenvalue weighted by molar-refractivity contribution is -0.139. The lowest BCUT2D eigenvalue weighted by Gasteiger charge is -2.16. The predicted molar refractivity (Wildman–Crippen MR) is 63.2 cm³/mol. The van der Waals surface area contributed by atoms with Gasteiger partial charge >= 0.3 is 5.97 Å². The number of hydrogen-bond acceptors (Lipinski definition) is 3. The zero-order valence-electron chi connectivity index (χ0n) is 9.59. The number of benzene rings is 1. The Hall–Kier alpha value is -1.88. The van der Waals surface area contributed by atoms with Crippen molar-refractivity contribution in [1.82, 2.24) is 5.32 Å². The first-order chi connectivity index (χ1) is 8.00. The molecular formula is C12H16N2O3. The first kappa shape index (κ1) is 13.2. The van der Waals surface area contributed by atoms with Gasteiger partial charge in [-0.05, 0) is 12.5 Å². The van der Waals surface area contributed by atoms with E-state index in [4.69, 9.17) is 10.8 Å². The van der Waals surface area contributed by atoms with Crippen LogP contribution in [-0.2, 0) is 9.59 Å². The van der Waals surface area contributed by atoms with Crippen molar-refractivity contribution in [1.29, 1.82) is 0 Å². The third-order valence-corrected chi connectivity index (χ3v) is 2.39. The molecule has 1 amide bonds. The van der Waals surface area contributed by atoms with E-state index < -0.39 is 17.9 Å². The van der Waals surface area contributed by atoms with Crippen LogP contribution in [0.3, 0.4) is 0 Å². The third-order valence-electron chi connectivity index (χ3n) is 2.39. The number of amides is 1. The van der Waals surface area contributed by atoms with Gasteiger partial charge in [0.2, 0.25) is 5.91 Å². The fraction of sp³-hybridized carbons (Fsp3) is 0.333. The number of carbonyl (C=O) groups excluding carboxylic acids is 1. The highest BCUT2D eigenvalue weighted by molar-refractivity contribution is 5.86. The van der Waals surface area contributed by atoms with E-state index in [9.17, 15) is 9.59 Å². The topological polar surface area (TPSA) is 92.4 Å². The van der Waals surface area contributed by atoms with Gasteiger partial charge in [0.15, 0.2) is 0 Å². The van der Waals surface area contributed by atoms with Gasteiger partial charge < -0.3 is 16.2 Å². The van der Waals surface area contributed by atoms with Crippen LogP contribution in [0, 0.1) is 0 Å². The zero-order chi connectivity index (χ0) is 12.8. The Bertz CT molecular complexity index is 392. The van der Waals surface area contributed by atoms with Crippen molar-refractivity contribution in [2.45, 2.75) is 25.4 Å². The minimum atomic E-state index is -1.08. The maximum absolute atomic E-state index is 11.6. The smallest absolute Gasteiger partial charge is 0.305 e. The molecule has 0 aliphatic rings. The summed E-state index contributed by atoms with van der Waals surface area (Å²) in [7, 11) is 0. The van der Waals surface area contributed by atoms with E-state index in [0.717, 1.165) is 5.56 Å². The first-order valence-electron chi connectivity index (χ1n) is 5.33. The minimum absolute atomic E-state index is 0.191. The molecular weight excluding hydrogens is 220 g/mol. The number of rotatable bonds is 5. The normalized spacial score (nSPS) is 13.8. The van der Waals surface area contributed by atoms with Gasteiger partial charge in [-0.15, -0.1) is 0 Å².